The molecule has 0 bridgehead atoms. The van der Waals surface area contributed by atoms with Crippen LogP contribution in [0.4, 0.5) is 0 Å². The topological polar surface area (TPSA) is 70.5 Å². The molecule has 0 saturated carbocycles. The summed E-state index contributed by atoms with van der Waals surface area (Å²) in [6.45, 7) is 3.05. The van der Waals surface area contributed by atoms with Gasteiger partial charge in [-0.05, 0) is 43.9 Å². The maximum Gasteiger partial charge on any atom is 0.339 e. The van der Waals surface area contributed by atoms with E-state index in [0.29, 0.717) is 24.9 Å². The van der Waals surface area contributed by atoms with Crippen LogP contribution in [0, 0.1) is 6.92 Å². The van der Waals surface area contributed by atoms with Crippen molar-refractivity contribution >= 4 is 16.9 Å². The van der Waals surface area contributed by atoms with Crippen molar-refractivity contribution in [2.45, 2.75) is 32.3 Å². The molecule has 0 aliphatic rings. The summed E-state index contributed by atoms with van der Waals surface area (Å²) in [5.74, 6) is 0.860. The van der Waals surface area contributed by atoms with E-state index in [-0.39, 0.29) is 5.97 Å². The van der Waals surface area contributed by atoms with Gasteiger partial charge in [0.1, 0.15) is 0 Å². The fourth-order valence-electron chi connectivity index (χ4n) is 3.78. The van der Waals surface area contributed by atoms with Gasteiger partial charge in [-0.3, -0.25) is 0 Å². The fourth-order valence-corrected chi connectivity index (χ4v) is 3.78. The van der Waals surface area contributed by atoms with Gasteiger partial charge in [-0.1, -0.05) is 72.3 Å². The van der Waals surface area contributed by atoms with E-state index in [1.807, 2.05) is 66.7 Å². The Hall–Kier alpha value is -3.77. The van der Waals surface area contributed by atoms with Gasteiger partial charge >= 0.3 is 5.97 Å². The summed E-state index contributed by atoms with van der Waals surface area (Å²) < 4.78 is 16.8. The Bertz CT molecular complexity index is 1240. The van der Waals surface area contributed by atoms with Gasteiger partial charge in [0.05, 0.1) is 24.6 Å². The third-order valence-corrected chi connectivity index (χ3v) is 5.71. The first kappa shape index (κ1) is 24.4. The number of benzene rings is 3. The average molecular weight is 471 g/mol. The number of aromatic nitrogens is 2. The molecule has 180 valence electrons. The van der Waals surface area contributed by atoms with Crippen molar-refractivity contribution in [1.82, 2.24) is 9.97 Å². The molecular weight excluding hydrogens is 440 g/mol. The largest absolute Gasteiger partial charge is 0.477 e. The second-order valence-electron chi connectivity index (χ2n) is 8.33. The number of methoxy groups -OCH3 is 1. The number of hydrogen-bond acceptors (Lipinski definition) is 6. The van der Waals surface area contributed by atoms with E-state index < -0.39 is 6.10 Å². The van der Waals surface area contributed by atoms with Gasteiger partial charge in [0.15, 0.2) is 11.9 Å². The van der Waals surface area contributed by atoms with Crippen molar-refractivity contribution in [1.29, 1.82) is 0 Å². The number of unbranched alkanes of at least 4 members (excludes halogenated alkanes) is 2. The van der Waals surface area contributed by atoms with E-state index in [2.05, 4.69) is 19.1 Å². The van der Waals surface area contributed by atoms with Crippen LogP contribution in [0.1, 0.15) is 36.5 Å². The Morgan fingerprint density at radius 2 is 1.54 bits per heavy atom. The molecule has 1 unspecified atom stereocenters. The molecule has 0 aliphatic carbocycles. The van der Waals surface area contributed by atoms with Crippen LogP contribution in [-0.2, 0) is 14.3 Å². The van der Waals surface area contributed by atoms with Gasteiger partial charge in [-0.15, -0.1) is 0 Å². The third-order valence-electron chi connectivity index (χ3n) is 5.71. The highest BCUT2D eigenvalue weighted by molar-refractivity contribution is 5.85. The lowest BCUT2D eigenvalue weighted by Crippen LogP contribution is -2.18. The van der Waals surface area contributed by atoms with Crippen molar-refractivity contribution in [2.24, 2.45) is 0 Å². The van der Waals surface area contributed by atoms with Gasteiger partial charge in [-0.25, -0.2) is 9.78 Å². The van der Waals surface area contributed by atoms with E-state index in [1.54, 1.807) is 0 Å². The number of nitrogens with zero attached hydrogens (tertiary/aromatic N) is 2. The number of fused-ring (bicyclic) bond motifs is 1. The molecule has 0 aliphatic heterocycles. The Balaban J connectivity index is 1.31. The first-order chi connectivity index (χ1) is 17.2. The molecule has 35 heavy (non-hydrogen) atoms. The minimum atomic E-state index is -0.704. The maximum absolute atomic E-state index is 12.1. The predicted octanol–water partition coefficient (Wildman–Crippen LogP) is 6.09. The molecule has 6 heteroatoms. The zero-order valence-corrected chi connectivity index (χ0v) is 20.1. The SMILES string of the molecule is COC(=O)C(OCCCCCOc1nc(-c2ccc(C)cc2)nc2ccccc12)c1ccccc1. The normalized spacial score (nSPS) is 11.8. The van der Waals surface area contributed by atoms with Crippen LogP contribution in [0.2, 0.25) is 0 Å². The molecular formula is C29H30N2O4. The Morgan fingerprint density at radius 3 is 2.31 bits per heavy atom. The number of carbonyl (C=O) groups excluding carboxylic acids is 1. The zero-order chi connectivity index (χ0) is 24.5. The second-order valence-corrected chi connectivity index (χ2v) is 8.33. The summed E-state index contributed by atoms with van der Waals surface area (Å²) >= 11 is 0. The lowest BCUT2D eigenvalue weighted by atomic mass is 10.1. The molecule has 1 aromatic heterocycles. The van der Waals surface area contributed by atoms with Crippen molar-refractivity contribution < 1.29 is 19.0 Å². The van der Waals surface area contributed by atoms with Crippen molar-refractivity contribution in [3.63, 3.8) is 0 Å². The first-order valence-corrected chi connectivity index (χ1v) is 11.9. The van der Waals surface area contributed by atoms with Gasteiger partial charge in [0.2, 0.25) is 5.88 Å². The van der Waals surface area contributed by atoms with Crippen LogP contribution in [0.5, 0.6) is 5.88 Å². The van der Waals surface area contributed by atoms with Crippen LogP contribution in [-0.4, -0.2) is 36.3 Å². The number of esters is 1. The van der Waals surface area contributed by atoms with Gasteiger partial charge in [0.25, 0.3) is 0 Å². The van der Waals surface area contributed by atoms with E-state index in [1.165, 1.54) is 12.7 Å². The van der Waals surface area contributed by atoms with Gasteiger partial charge < -0.3 is 14.2 Å². The fraction of sp³-hybridized carbons (Fsp3) is 0.276. The molecule has 4 aromatic rings. The number of para-hydroxylation sites is 1. The van der Waals surface area contributed by atoms with Crippen molar-refractivity contribution in [2.75, 3.05) is 20.3 Å². The Morgan fingerprint density at radius 1 is 0.829 bits per heavy atom. The standard InChI is InChI=1S/C29H30N2O4/c1-21-15-17-23(18-16-21)27-30-25-14-8-7-13-24(25)28(31-27)35-20-10-4-9-19-34-26(29(32)33-2)22-11-5-3-6-12-22/h3,5-8,11-18,26H,4,9-10,19-20H2,1-2H3. The summed E-state index contributed by atoms with van der Waals surface area (Å²) in [6, 6.07) is 25.5. The van der Waals surface area contributed by atoms with E-state index in [9.17, 15) is 4.79 Å². The maximum atomic E-state index is 12.1. The lowest BCUT2D eigenvalue weighted by molar-refractivity contribution is -0.154. The average Bonchev–Trinajstić information content (AvgIpc) is 2.90. The van der Waals surface area contributed by atoms with Crippen LogP contribution in [0.25, 0.3) is 22.3 Å². The number of hydrogen-bond donors (Lipinski definition) is 0. The molecule has 3 aromatic carbocycles. The highest BCUT2D eigenvalue weighted by Crippen LogP contribution is 2.27. The number of rotatable bonds is 11. The second kappa shape index (κ2) is 12.1. The number of aryl methyl sites for hydroxylation is 1. The summed E-state index contributed by atoms with van der Waals surface area (Å²) in [7, 11) is 1.38. The lowest BCUT2D eigenvalue weighted by Gasteiger charge is -2.16. The minimum Gasteiger partial charge on any atom is -0.477 e. The highest BCUT2D eigenvalue weighted by Gasteiger charge is 2.21. The van der Waals surface area contributed by atoms with Crippen LogP contribution in [0.15, 0.2) is 78.9 Å². The van der Waals surface area contributed by atoms with E-state index >= 15 is 0 Å². The van der Waals surface area contributed by atoms with Crippen LogP contribution in [0.3, 0.4) is 0 Å². The molecule has 6 nitrogen and oxygen atoms in total. The smallest absolute Gasteiger partial charge is 0.339 e. The molecule has 0 radical (unpaired) electrons. The summed E-state index contributed by atoms with van der Waals surface area (Å²) in [5.41, 5.74) is 3.80. The first-order valence-electron chi connectivity index (χ1n) is 11.9. The monoisotopic (exact) mass is 470 g/mol. The van der Waals surface area contributed by atoms with Crippen molar-refractivity contribution in [3.8, 4) is 17.3 Å². The Labute approximate surface area is 205 Å². The predicted molar refractivity (Wildman–Crippen MR) is 136 cm³/mol. The third kappa shape index (κ3) is 6.43. The summed E-state index contributed by atoms with van der Waals surface area (Å²) in [6.07, 6.45) is 1.85. The minimum absolute atomic E-state index is 0.389. The summed E-state index contributed by atoms with van der Waals surface area (Å²) in [4.78, 5) is 21.5. The molecule has 0 saturated heterocycles. The number of carbonyl (C=O) groups is 1. The van der Waals surface area contributed by atoms with Crippen LogP contribution < -0.4 is 4.74 Å². The highest BCUT2D eigenvalue weighted by atomic mass is 16.6. The molecule has 1 heterocycles. The number of ether oxygens (including phenoxy) is 3. The molecule has 0 fully saturated rings. The summed E-state index contributed by atoms with van der Waals surface area (Å²) in [5, 5.41) is 0.899. The zero-order valence-electron chi connectivity index (χ0n) is 20.1. The van der Waals surface area contributed by atoms with Gasteiger partial charge in [-0.2, -0.15) is 4.98 Å². The van der Waals surface area contributed by atoms with Gasteiger partial charge in [0, 0.05) is 12.2 Å². The quantitative estimate of drug-likeness (QED) is 0.195. The van der Waals surface area contributed by atoms with E-state index in [4.69, 9.17) is 24.2 Å². The molecule has 4 rings (SSSR count). The molecule has 0 amide bonds. The molecule has 1 atom stereocenters. The Kier molecular flexibility index (Phi) is 8.41. The van der Waals surface area contributed by atoms with Crippen molar-refractivity contribution in [3.05, 3.63) is 90.0 Å². The molecule has 0 N–H and O–H groups in total. The van der Waals surface area contributed by atoms with Crippen LogP contribution >= 0.6 is 0 Å². The molecule has 0 spiro atoms. The van der Waals surface area contributed by atoms with E-state index in [0.717, 1.165) is 41.3 Å².